The fourth-order valence-electron chi connectivity index (χ4n) is 6.61. The van der Waals surface area contributed by atoms with Crippen LogP contribution in [0.5, 0.6) is 0 Å². The van der Waals surface area contributed by atoms with E-state index in [0.29, 0.717) is 0 Å². The number of fused-ring (bicyclic) bond motifs is 7. The van der Waals surface area contributed by atoms with Crippen molar-refractivity contribution in [3.8, 4) is 11.5 Å². The van der Waals surface area contributed by atoms with Crippen LogP contribution >= 0.6 is 0 Å². The molecule has 9 rings (SSSR count). The zero-order valence-electron chi connectivity index (χ0n) is 22.9. The summed E-state index contributed by atoms with van der Waals surface area (Å²) in [6.45, 7) is 0.718. The molecule has 7 heteroatoms. The molecule has 200 valence electrons. The molecule has 8 aromatic rings. The molecule has 0 spiro atoms. The zero-order valence-corrected chi connectivity index (χ0v) is 22.9. The van der Waals surface area contributed by atoms with Gasteiger partial charge in [0.2, 0.25) is 0 Å². The maximum absolute atomic E-state index is 4.73. The van der Waals surface area contributed by atoms with E-state index in [9.17, 15) is 0 Å². The van der Waals surface area contributed by atoms with Gasteiger partial charge < -0.3 is 14.4 Å². The number of hydrogen-bond acceptors (Lipinski definition) is 5. The Morgan fingerprint density at radius 1 is 0.595 bits per heavy atom. The second-order valence-electron chi connectivity index (χ2n) is 10.8. The normalized spacial score (nSPS) is 13.2. The van der Waals surface area contributed by atoms with Crippen LogP contribution in [0.25, 0.3) is 55.1 Å². The van der Waals surface area contributed by atoms with Gasteiger partial charge >= 0.3 is 0 Å². The Morgan fingerprint density at radius 2 is 1.24 bits per heavy atom. The van der Waals surface area contributed by atoms with Crippen molar-refractivity contribution in [3.05, 3.63) is 122 Å². The third-order valence-electron chi connectivity index (χ3n) is 8.44. The topological polar surface area (TPSA) is 55.0 Å². The summed E-state index contributed by atoms with van der Waals surface area (Å²) < 4.78 is 4.65. The highest BCUT2D eigenvalue weighted by Gasteiger charge is 2.27. The Morgan fingerprint density at radius 3 is 2.00 bits per heavy atom. The Kier molecular flexibility index (Phi) is 4.75. The summed E-state index contributed by atoms with van der Waals surface area (Å²) in [5.41, 5.74) is 7.83. The van der Waals surface area contributed by atoms with Crippen LogP contribution in [0.15, 0.2) is 122 Å². The molecule has 4 aromatic heterocycles. The molecular weight excluding hydrogens is 518 g/mol. The van der Waals surface area contributed by atoms with E-state index in [-0.39, 0.29) is 0 Å². The SMILES string of the molecule is CN1CN(c2ccc3c4ccccc4n(-c4ccc5c6ccccc6n(-c6ccccn6)c5c4)c3c2)c2cncnc21. The first-order valence-corrected chi connectivity index (χ1v) is 14.0. The van der Waals surface area contributed by atoms with Crippen molar-refractivity contribution in [1.82, 2.24) is 24.1 Å². The molecular formula is C35H25N7. The summed E-state index contributed by atoms with van der Waals surface area (Å²) in [5.74, 6) is 1.85. The van der Waals surface area contributed by atoms with E-state index in [1.807, 2.05) is 24.5 Å². The van der Waals surface area contributed by atoms with Crippen LogP contribution in [0.4, 0.5) is 17.2 Å². The Bertz CT molecular complexity index is 2320. The van der Waals surface area contributed by atoms with Gasteiger partial charge in [-0.1, -0.05) is 54.6 Å². The molecule has 7 nitrogen and oxygen atoms in total. The summed E-state index contributed by atoms with van der Waals surface area (Å²) in [4.78, 5) is 18.0. The van der Waals surface area contributed by atoms with E-state index in [4.69, 9.17) is 4.98 Å². The summed E-state index contributed by atoms with van der Waals surface area (Å²) in [6, 6.07) is 36.8. The molecule has 0 saturated carbocycles. The number of nitrogens with zero attached hydrogens (tertiary/aromatic N) is 7. The number of aromatic nitrogens is 5. The molecule has 0 radical (unpaired) electrons. The molecule has 4 aromatic carbocycles. The maximum Gasteiger partial charge on any atom is 0.157 e. The lowest BCUT2D eigenvalue weighted by Gasteiger charge is -2.19. The van der Waals surface area contributed by atoms with Gasteiger partial charge in [-0.3, -0.25) is 4.57 Å². The molecule has 0 unspecified atom stereocenters. The summed E-state index contributed by atoms with van der Waals surface area (Å²) >= 11 is 0. The van der Waals surface area contributed by atoms with E-state index < -0.39 is 0 Å². The van der Waals surface area contributed by atoms with Crippen molar-refractivity contribution < 1.29 is 0 Å². The van der Waals surface area contributed by atoms with Crippen LogP contribution in [0.1, 0.15) is 0 Å². The first-order valence-electron chi connectivity index (χ1n) is 14.0. The standard InChI is InChI=1S/C35H25N7/c1-39-22-40(33-20-36-21-38-35(33)39)23-13-15-27-25-8-2-4-10-29(25)41(31(27)18-23)24-14-16-28-26-9-3-5-11-30(26)42(32(28)19-24)34-12-6-7-17-37-34/h2-21H,22H2,1H3. The Hall–Kier alpha value is -5.69. The Labute approximate surface area is 241 Å². The number of anilines is 3. The lowest BCUT2D eigenvalue weighted by atomic mass is 10.1. The zero-order chi connectivity index (χ0) is 27.8. The van der Waals surface area contributed by atoms with Crippen LogP contribution in [0.3, 0.4) is 0 Å². The quantitative estimate of drug-likeness (QED) is 0.230. The first-order chi connectivity index (χ1) is 20.8. The molecule has 1 aliphatic rings. The predicted molar refractivity (Wildman–Crippen MR) is 170 cm³/mol. The predicted octanol–water partition coefficient (Wildman–Crippen LogP) is 7.61. The number of pyridine rings is 1. The van der Waals surface area contributed by atoms with Gasteiger partial charge in [0.25, 0.3) is 0 Å². The smallest absolute Gasteiger partial charge is 0.157 e. The minimum Gasteiger partial charge on any atom is -0.340 e. The highest BCUT2D eigenvalue weighted by Crippen LogP contribution is 2.41. The van der Waals surface area contributed by atoms with Gasteiger partial charge in [0.05, 0.1) is 34.9 Å². The molecule has 42 heavy (non-hydrogen) atoms. The fourth-order valence-corrected chi connectivity index (χ4v) is 6.61. The minimum atomic E-state index is 0.718. The van der Waals surface area contributed by atoms with Gasteiger partial charge in [0, 0.05) is 46.2 Å². The van der Waals surface area contributed by atoms with Crippen molar-refractivity contribution in [2.45, 2.75) is 0 Å². The highest BCUT2D eigenvalue weighted by molar-refractivity contribution is 6.12. The van der Waals surface area contributed by atoms with E-state index >= 15 is 0 Å². The van der Waals surface area contributed by atoms with Gasteiger partial charge in [0.1, 0.15) is 17.8 Å². The number of para-hydroxylation sites is 2. The third kappa shape index (κ3) is 3.19. The molecule has 0 aliphatic carbocycles. The van der Waals surface area contributed by atoms with E-state index in [2.05, 4.69) is 127 Å². The van der Waals surface area contributed by atoms with Crippen LogP contribution in [-0.4, -0.2) is 37.8 Å². The first kappa shape index (κ1) is 23.1. The van der Waals surface area contributed by atoms with E-state index in [0.717, 1.165) is 51.9 Å². The lowest BCUT2D eigenvalue weighted by molar-refractivity contribution is 0.938. The van der Waals surface area contributed by atoms with Crippen LogP contribution in [-0.2, 0) is 0 Å². The summed E-state index contributed by atoms with van der Waals surface area (Å²) in [7, 11) is 2.07. The van der Waals surface area contributed by atoms with E-state index in [1.165, 1.54) is 27.1 Å². The van der Waals surface area contributed by atoms with Crippen molar-refractivity contribution >= 4 is 60.8 Å². The van der Waals surface area contributed by atoms with Crippen molar-refractivity contribution in [3.63, 3.8) is 0 Å². The van der Waals surface area contributed by atoms with Gasteiger partial charge in [0.15, 0.2) is 5.82 Å². The molecule has 1 aliphatic heterocycles. The average molecular weight is 544 g/mol. The molecule has 0 amide bonds. The van der Waals surface area contributed by atoms with Crippen molar-refractivity contribution in [1.29, 1.82) is 0 Å². The fraction of sp³-hybridized carbons (Fsp3) is 0.0571. The third-order valence-corrected chi connectivity index (χ3v) is 8.44. The Balaban J connectivity index is 1.32. The highest BCUT2D eigenvalue weighted by atomic mass is 15.4. The lowest BCUT2D eigenvalue weighted by Crippen LogP contribution is -2.24. The van der Waals surface area contributed by atoms with Crippen LogP contribution in [0.2, 0.25) is 0 Å². The minimum absolute atomic E-state index is 0.718. The summed E-state index contributed by atoms with van der Waals surface area (Å²) in [5, 5.41) is 4.87. The monoisotopic (exact) mass is 543 g/mol. The molecule has 0 atom stereocenters. The number of hydrogen-bond donors (Lipinski definition) is 0. The van der Waals surface area contributed by atoms with Crippen molar-refractivity contribution in [2.75, 3.05) is 23.5 Å². The van der Waals surface area contributed by atoms with E-state index in [1.54, 1.807) is 6.33 Å². The second-order valence-corrected chi connectivity index (χ2v) is 10.8. The molecule has 0 fully saturated rings. The molecule has 0 N–H and O–H groups in total. The largest absolute Gasteiger partial charge is 0.340 e. The number of rotatable bonds is 3. The number of benzene rings is 4. The van der Waals surface area contributed by atoms with Gasteiger partial charge in [-0.05, 0) is 48.5 Å². The second kappa shape index (κ2) is 8.65. The van der Waals surface area contributed by atoms with Gasteiger partial charge in [-0.2, -0.15) is 0 Å². The van der Waals surface area contributed by atoms with Crippen LogP contribution in [0, 0.1) is 0 Å². The molecule has 0 bridgehead atoms. The van der Waals surface area contributed by atoms with Crippen molar-refractivity contribution in [2.24, 2.45) is 0 Å². The van der Waals surface area contributed by atoms with Crippen LogP contribution < -0.4 is 9.80 Å². The molecule has 0 saturated heterocycles. The maximum atomic E-state index is 4.73. The van der Waals surface area contributed by atoms with Gasteiger partial charge in [-0.25, -0.2) is 15.0 Å². The summed E-state index contributed by atoms with van der Waals surface area (Å²) in [6.07, 6.45) is 5.36. The average Bonchev–Trinajstić information content (AvgIpc) is 3.68. The van der Waals surface area contributed by atoms with Gasteiger partial charge in [-0.15, -0.1) is 0 Å². The molecule has 5 heterocycles.